The van der Waals surface area contributed by atoms with Gasteiger partial charge in [0.05, 0.1) is 24.5 Å². The van der Waals surface area contributed by atoms with Gasteiger partial charge in [0.15, 0.2) is 0 Å². The Kier molecular flexibility index (Phi) is 6.66. The summed E-state index contributed by atoms with van der Waals surface area (Å²) in [5.74, 6) is 0.566. The fraction of sp³-hybridized carbons (Fsp3) is 0.750. The second-order valence-corrected chi connectivity index (χ2v) is 10.2. The molecule has 1 atom stereocenters. The lowest BCUT2D eigenvalue weighted by Crippen LogP contribution is -2.51. The molecule has 4 heterocycles. The van der Waals surface area contributed by atoms with Crippen molar-refractivity contribution in [3.05, 3.63) is 23.3 Å². The number of likely N-dealkylation sites (tertiary alicyclic amines) is 1. The van der Waals surface area contributed by atoms with E-state index in [-0.39, 0.29) is 11.8 Å². The molecule has 4 rings (SSSR count). The molecule has 1 aromatic heterocycles. The summed E-state index contributed by atoms with van der Waals surface area (Å²) in [5, 5.41) is 0. The highest BCUT2D eigenvalue weighted by Gasteiger charge is 2.36. The molecule has 1 amide bonds. The highest BCUT2D eigenvalue weighted by atomic mass is 32.2. The number of morpholine rings is 1. The van der Waals surface area contributed by atoms with Gasteiger partial charge in [-0.05, 0) is 39.0 Å². The van der Waals surface area contributed by atoms with Crippen LogP contribution in [0.1, 0.15) is 59.9 Å². The molecule has 3 aliphatic heterocycles. The van der Waals surface area contributed by atoms with Crippen LogP contribution in [0.25, 0.3) is 0 Å². The summed E-state index contributed by atoms with van der Waals surface area (Å²) in [6.07, 6.45) is 6.49. The van der Waals surface area contributed by atoms with Crippen LogP contribution in [-0.2, 0) is 14.9 Å². The van der Waals surface area contributed by atoms with Crippen molar-refractivity contribution < 1.29 is 17.9 Å². The third-order valence-electron chi connectivity index (χ3n) is 6.24. The molecule has 1 aromatic rings. The van der Waals surface area contributed by atoms with Crippen LogP contribution >= 0.6 is 0 Å². The molecule has 0 radical (unpaired) electrons. The Bertz CT molecular complexity index is 866. The Hall–Kier alpha value is -1.62. The summed E-state index contributed by atoms with van der Waals surface area (Å²) in [7, 11) is -3.50. The number of aryl methyl sites for hydroxylation is 1. The molecule has 9 nitrogen and oxygen atoms in total. The molecule has 3 fully saturated rings. The molecule has 0 saturated carbocycles. The predicted octanol–water partition coefficient (Wildman–Crippen LogP) is 1.17. The van der Waals surface area contributed by atoms with Gasteiger partial charge in [0, 0.05) is 51.4 Å². The molecule has 0 bridgehead atoms. The molecule has 166 valence electrons. The number of hydrogen-bond acceptors (Lipinski definition) is 6. The number of hydrogen-bond donors (Lipinski definition) is 0. The maximum absolute atomic E-state index is 13.0. The molecule has 0 aliphatic carbocycles. The van der Waals surface area contributed by atoms with Crippen molar-refractivity contribution in [2.45, 2.75) is 44.9 Å². The number of nitrogens with zero attached hydrogens (tertiary/aromatic N) is 5. The smallest absolute Gasteiger partial charge is 0.282 e. The quantitative estimate of drug-likeness (QED) is 0.702. The third-order valence-corrected chi connectivity index (χ3v) is 8.25. The second-order valence-electron chi connectivity index (χ2n) is 8.30. The number of carbonyl (C=O) groups is 1. The standard InChI is InChI=1S/C20H31N5O4S/c1-16-18(20(26)23-7-3-2-4-8-23)14-21-19(22-16)17-6-5-9-25(15-17)30(27,28)24-10-12-29-13-11-24/h14,17H,2-13,15H2,1H3/t17-/m1/s1. The zero-order chi connectivity index (χ0) is 21.1. The minimum atomic E-state index is -3.50. The van der Waals surface area contributed by atoms with Crippen molar-refractivity contribution in [3.8, 4) is 0 Å². The molecule has 30 heavy (non-hydrogen) atoms. The minimum Gasteiger partial charge on any atom is -0.379 e. The normalized spacial score (nSPS) is 24.7. The van der Waals surface area contributed by atoms with Crippen molar-refractivity contribution in [2.24, 2.45) is 0 Å². The van der Waals surface area contributed by atoms with Crippen LogP contribution in [0.15, 0.2) is 6.20 Å². The van der Waals surface area contributed by atoms with Crippen LogP contribution < -0.4 is 0 Å². The van der Waals surface area contributed by atoms with Crippen molar-refractivity contribution in [1.29, 1.82) is 0 Å². The van der Waals surface area contributed by atoms with Crippen LogP contribution in [0.2, 0.25) is 0 Å². The van der Waals surface area contributed by atoms with Gasteiger partial charge in [0.25, 0.3) is 16.1 Å². The van der Waals surface area contributed by atoms with E-state index in [0.29, 0.717) is 56.5 Å². The van der Waals surface area contributed by atoms with Crippen LogP contribution in [0.5, 0.6) is 0 Å². The molecule has 10 heteroatoms. The Morgan fingerprint density at radius 2 is 1.77 bits per heavy atom. The van der Waals surface area contributed by atoms with E-state index in [1.54, 1.807) is 10.5 Å². The molecular weight excluding hydrogens is 406 g/mol. The van der Waals surface area contributed by atoms with Gasteiger partial charge in [-0.3, -0.25) is 4.79 Å². The van der Waals surface area contributed by atoms with Crippen molar-refractivity contribution in [1.82, 2.24) is 23.5 Å². The highest BCUT2D eigenvalue weighted by molar-refractivity contribution is 7.86. The average molecular weight is 438 g/mol. The maximum Gasteiger partial charge on any atom is 0.282 e. The van der Waals surface area contributed by atoms with Gasteiger partial charge in [-0.1, -0.05) is 0 Å². The number of ether oxygens (including phenoxy) is 1. The van der Waals surface area contributed by atoms with E-state index in [9.17, 15) is 13.2 Å². The summed E-state index contributed by atoms with van der Waals surface area (Å²) in [6.45, 7) is 5.97. The van der Waals surface area contributed by atoms with Crippen molar-refractivity contribution in [2.75, 3.05) is 52.5 Å². The van der Waals surface area contributed by atoms with Gasteiger partial charge in [0.1, 0.15) is 5.82 Å². The fourth-order valence-electron chi connectivity index (χ4n) is 4.46. The summed E-state index contributed by atoms with van der Waals surface area (Å²) < 4.78 is 34.4. The SMILES string of the molecule is Cc1nc([C@@H]2CCCN(S(=O)(=O)N3CCOCC3)C2)ncc1C(=O)N1CCCCC1. The number of aromatic nitrogens is 2. The summed E-state index contributed by atoms with van der Waals surface area (Å²) in [5.41, 5.74) is 1.22. The summed E-state index contributed by atoms with van der Waals surface area (Å²) in [4.78, 5) is 23.8. The Morgan fingerprint density at radius 1 is 1.03 bits per heavy atom. The van der Waals surface area contributed by atoms with Crippen molar-refractivity contribution in [3.63, 3.8) is 0 Å². The Morgan fingerprint density at radius 3 is 2.47 bits per heavy atom. The summed E-state index contributed by atoms with van der Waals surface area (Å²) >= 11 is 0. The predicted molar refractivity (Wildman–Crippen MR) is 111 cm³/mol. The van der Waals surface area contributed by atoms with Gasteiger partial charge >= 0.3 is 0 Å². The van der Waals surface area contributed by atoms with E-state index >= 15 is 0 Å². The monoisotopic (exact) mass is 437 g/mol. The average Bonchev–Trinajstić information content (AvgIpc) is 2.80. The topological polar surface area (TPSA) is 95.9 Å². The molecule has 0 N–H and O–H groups in total. The van der Waals surface area contributed by atoms with E-state index in [4.69, 9.17) is 4.74 Å². The van der Waals surface area contributed by atoms with E-state index in [1.807, 2.05) is 11.8 Å². The second kappa shape index (κ2) is 9.25. The summed E-state index contributed by atoms with van der Waals surface area (Å²) in [6, 6.07) is 0. The minimum absolute atomic E-state index is 0.00100. The van der Waals surface area contributed by atoms with E-state index in [0.717, 1.165) is 38.8 Å². The van der Waals surface area contributed by atoms with Crippen LogP contribution in [0, 0.1) is 6.92 Å². The van der Waals surface area contributed by atoms with Gasteiger partial charge in [-0.15, -0.1) is 0 Å². The van der Waals surface area contributed by atoms with Gasteiger partial charge in [-0.2, -0.15) is 17.0 Å². The van der Waals surface area contributed by atoms with Gasteiger partial charge in [0.2, 0.25) is 0 Å². The van der Waals surface area contributed by atoms with Crippen LogP contribution in [-0.4, -0.2) is 90.3 Å². The zero-order valence-corrected chi connectivity index (χ0v) is 18.4. The lowest BCUT2D eigenvalue weighted by Gasteiger charge is -2.36. The maximum atomic E-state index is 13.0. The number of carbonyl (C=O) groups excluding carboxylic acids is 1. The lowest BCUT2D eigenvalue weighted by atomic mass is 9.98. The first kappa shape index (κ1) is 21.6. The number of rotatable bonds is 4. The van der Waals surface area contributed by atoms with Crippen molar-refractivity contribution >= 4 is 16.1 Å². The zero-order valence-electron chi connectivity index (χ0n) is 17.6. The van der Waals surface area contributed by atoms with Gasteiger partial charge < -0.3 is 9.64 Å². The fourth-order valence-corrected chi connectivity index (χ4v) is 6.13. The largest absolute Gasteiger partial charge is 0.379 e. The molecular formula is C20H31N5O4S. The van der Waals surface area contributed by atoms with Crippen LogP contribution in [0.4, 0.5) is 0 Å². The van der Waals surface area contributed by atoms with E-state index < -0.39 is 10.2 Å². The van der Waals surface area contributed by atoms with Crippen LogP contribution in [0.3, 0.4) is 0 Å². The molecule has 3 saturated heterocycles. The third kappa shape index (κ3) is 4.51. The molecule has 3 aliphatic rings. The Labute approximate surface area is 178 Å². The van der Waals surface area contributed by atoms with Gasteiger partial charge in [-0.25, -0.2) is 9.97 Å². The molecule has 0 aromatic carbocycles. The van der Waals surface area contributed by atoms with E-state index in [2.05, 4.69) is 9.97 Å². The lowest BCUT2D eigenvalue weighted by molar-refractivity contribution is 0.0695. The number of amides is 1. The first-order chi connectivity index (χ1) is 14.5. The first-order valence-corrected chi connectivity index (χ1v) is 12.3. The molecule has 0 spiro atoms. The van der Waals surface area contributed by atoms with E-state index in [1.165, 1.54) is 10.7 Å². The number of piperidine rings is 2. The highest BCUT2D eigenvalue weighted by Crippen LogP contribution is 2.28. The molecule has 0 unspecified atom stereocenters. The Balaban J connectivity index is 1.47. The first-order valence-electron chi connectivity index (χ1n) is 10.9.